The molecule has 0 radical (unpaired) electrons. The van der Waals surface area contributed by atoms with Gasteiger partial charge in [0.1, 0.15) is 6.26 Å². The second-order valence-corrected chi connectivity index (χ2v) is 9.76. The maximum atomic E-state index is 13.3. The van der Waals surface area contributed by atoms with Crippen LogP contribution in [-0.2, 0) is 14.9 Å². The van der Waals surface area contributed by atoms with E-state index in [2.05, 4.69) is 9.97 Å². The number of carboxylic acid groups (broad SMARTS) is 1. The molecular formula is C30H35N3O5. The molecule has 1 aromatic carbocycles. The minimum absolute atomic E-state index is 0.0519. The number of benzene rings is 1. The summed E-state index contributed by atoms with van der Waals surface area (Å²) >= 11 is 0. The number of oxazole rings is 1. The van der Waals surface area contributed by atoms with Crippen LogP contribution in [0.5, 0.6) is 0 Å². The zero-order chi connectivity index (χ0) is 26.8. The number of aliphatic carboxylic acids is 1. The van der Waals surface area contributed by atoms with Crippen molar-refractivity contribution >= 4 is 18.0 Å². The van der Waals surface area contributed by atoms with E-state index in [9.17, 15) is 14.7 Å². The van der Waals surface area contributed by atoms with E-state index in [0.29, 0.717) is 31.4 Å². The summed E-state index contributed by atoms with van der Waals surface area (Å²) in [6, 6.07) is 12.8. The number of allylic oxidation sites excluding steroid dienone is 1. The fraction of sp³-hybridized carbons (Fsp3) is 0.400. The second kappa shape index (κ2) is 13.1. The number of hydrogen-bond donors (Lipinski definition) is 2. The van der Waals surface area contributed by atoms with E-state index in [1.54, 1.807) is 36.7 Å². The fourth-order valence-electron chi connectivity index (χ4n) is 5.37. The Morgan fingerprint density at radius 3 is 2.58 bits per heavy atom. The fourth-order valence-corrected chi connectivity index (χ4v) is 5.37. The number of pyridine rings is 1. The van der Waals surface area contributed by atoms with Crippen LogP contribution in [0.1, 0.15) is 78.9 Å². The third kappa shape index (κ3) is 6.37. The van der Waals surface area contributed by atoms with Crippen LogP contribution < -0.4 is 5.73 Å². The van der Waals surface area contributed by atoms with E-state index in [0.717, 1.165) is 37.5 Å². The maximum absolute atomic E-state index is 13.3. The predicted molar refractivity (Wildman–Crippen MR) is 143 cm³/mol. The van der Waals surface area contributed by atoms with Crippen LogP contribution in [0.25, 0.3) is 6.08 Å². The SMILES string of the molecule is NC(=O)c1coc(C(C(=O)O)(c2ccccc2)C(CCC=Cc2cccnc2)CCOC2CCCCC2)n1. The van der Waals surface area contributed by atoms with Gasteiger partial charge in [0, 0.05) is 19.0 Å². The molecule has 0 bridgehead atoms. The maximum Gasteiger partial charge on any atom is 0.323 e. The van der Waals surface area contributed by atoms with Gasteiger partial charge < -0.3 is 20.0 Å². The average molecular weight is 518 g/mol. The first-order valence-corrected chi connectivity index (χ1v) is 13.2. The Balaban J connectivity index is 1.68. The number of nitrogens with zero attached hydrogens (tertiary/aromatic N) is 2. The molecule has 0 aliphatic heterocycles. The number of ether oxygens (including phenoxy) is 1. The molecule has 8 heteroatoms. The number of aromatic nitrogens is 2. The van der Waals surface area contributed by atoms with Crippen LogP contribution in [-0.4, -0.2) is 39.7 Å². The number of primary amides is 1. The lowest BCUT2D eigenvalue weighted by Gasteiger charge is -2.35. The zero-order valence-corrected chi connectivity index (χ0v) is 21.5. The van der Waals surface area contributed by atoms with Gasteiger partial charge in [0.15, 0.2) is 11.1 Å². The number of nitrogens with two attached hydrogens (primary N) is 1. The van der Waals surface area contributed by atoms with Crippen molar-refractivity contribution in [2.75, 3.05) is 6.61 Å². The molecule has 2 aromatic heterocycles. The minimum atomic E-state index is -1.63. The van der Waals surface area contributed by atoms with Crippen LogP contribution in [0.2, 0.25) is 0 Å². The van der Waals surface area contributed by atoms with E-state index in [1.807, 2.05) is 30.4 Å². The molecule has 8 nitrogen and oxygen atoms in total. The van der Waals surface area contributed by atoms with Gasteiger partial charge in [0.25, 0.3) is 5.91 Å². The Labute approximate surface area is 222 Å². The molecule has 38 heavy (non-hydrogen) atoms. The number of amides is 1. The largest absolute Gasteiger partial charge is 0.480 e. The van der Waals surface area contributed by atoms with Gasteiger partial charge in [-0.15, -0.1) is 0 Å². The summed E-state index contributed by atoms with van der Waals surface area (Å²) in [6.45, 7) is 0.424. The molecule has 3 N–H and O–H groups in total. The lowest BCUT2D eigenvalue weighted by Crippen LogP contribution is -2.45. The summed E-state index contributed by atoms with van der Waals surface area (Å²) in [5.41, 5.74) is 5.20. The van der Waals surface area contributed by atoms with E-state index >= 15 is 0 Å². The molecule has 1 fully saturated rings. The Kier molecular flexibility index (Phi) is 9.43. The molecule has 0 saturated heterocycles. The van der Waals surface area contributed by atoms with Crippen molar-refractivity contribution in [3.8, 4) is 0 Å². The molecule has 4 rings (SSSR count). The molecule has 2 atom stereocenters. The highest BCUT2D eigenvalue weighted by Gasteiger charge is 2.52. The van der Waals surface area contributed by atoms with E-state index in [4.69, 9.17) is 14.9 Å². The normalized spacial score (nSPS) is 16.7. The van der Waals surface area contributed by atoms with Crippen LogP contribution in [0.15, 0.2) is 71.6 Å². The first-order chi connectivity index (χ1) is 18.5. The van der Waals surface area contributed by atoms with Gasteiger partial charge in [0.05, 0.1) is 6.10 Å². The molecule has 1 amide bonds. The van der Waals surface area contributed by atoms with Crippen molar-refractivity contribution in [3.63, 3.8) is 0 Å². The van der Waals surface area contributed by atoms with Gasteiger partial charge >= 0.3 is 5.97 Å². The Hall–Kier alpha value is -3.78. The summed E-state index contributed by atoms with van der Waals surface area (Å²) in [4.78, 5) is 33.5. The third-order valence-electron chi connectivity index (χ3n) is 7.32. The predicted octanol–water partition coefficient (Wildman–Crippen LogP) is 5.39. The van der Waals surface area contributed by atoms with Gasteiger partial charge in [-0.05, 0) is 55.2 Å². The Morgan fingerprint density at radius 1 is 1.13 bits per heavy atom. The van der Waals surface area contributed by atoms with Crippen molar-refractivity contribution in [3.05, 3.63) is 89.9 Å². The Morgan fingerprint density at radius 2 is 1.92 bits per heavy atom. The molecule has 1 aliphatic carbocycles. The van der Waals surface area contributed by atoms with Gasteiger partial charge in [-0.25, -0.2) is 4.98 Å². The summed E-state index contributed by atoms with van der Waals surface area (Å²) in [7, 11) is 0. The highest BCUT2D eigenvalue weighted by Crippen LogP contribution is 2.43. The molecule has 1 saturated carbocycles. The minimum Gasteiger partial charge on any atom is -0.480 e. The highest BCUT2D eigenvalue weighted by molar-refractivity contribution is 5.91. The number of carbonyl (C=O) groups excluding carboxylic acids is 1. The molecule has 200 valence electrons. The summed E-state index contributed by atoms with van der Waals surface area (Å²) < 4.78 is 11.9. The van der Waals surface area contributed by atoms with Gasteiger partial charge in [-0.1, -0.05) is 67.8 Å². The second-order valence-electron chi connectivity index (χ2n) is 9.76. The Bertz CT molecular complexity index is 1200. The van der Waals surface area contributed by atoms with Crippen LogP contribution in [0.4, 0.5) is 0 Å². The van der Waals surface area contributed by atoms with Crippen molar-refractivity contribution in [2.45, 2.75) is 62.9 Å². The van der Waals surface area contributed by atoms with Gasteiger partial charge in [-0.2, -0.15) is 0 Å². The first-order valence-electron chi connectivity index (χ1n) is 13.2. The average Bonchev–Trinajstić information content (AvgIpc) is 3.44. The number of carbonyl (C=O) groups is 2. The van der Waals surface area contributed by atoms with Gasteiger partial charge in [0.2, 0.25) is 5.89 Å². The first kappa shape index (κ1) is 27.3. The third-order valence-corrected chi connectivity index (χ3v) is 7.32. The van der Waals surface area contributed by atoms with E-state index in [-0.39, 0.29) is 17.7 Å². The quantitative estimate of drug-likeness (QED) is 0.311. The molecule has 1 aliphatic rings. The number of hydrogen-bond acceptors (Lipinski definition) is 6. The van der Waals surface area contributed by atoms with E-state index in [1.165, 1.54) is 6.42 Å². The summed E-state index contributed by atoms with van der Waals surface area (Å²) in [5, 5.41) is 10.8. The van der Waals surface area contributed by atoms with Crippen LogP contribution >= 0.6 is 0 Å². The van der Waals surface area contributed by atoms with Crippen LogP contribution in [0.3, 0.4) is 0 Å². The summed E-state index contributed by atoms with van der Waals surface area (Å²) in [6.07, 6.45) is 16.1. The van der Waals surface area contributed by atoms with Crippen molar-refractivity contribution in [2.24, 2.45) is 11.7 Å². The zero-order valence-electron chi connectivity index (χ0n) is 21.5. The van der Waals surface area contributed by atoms with Crippen molar-refractivity contribution in [1.82, 2.24) is 9.97 Å². The molecule has 2 heterocycles. The van der Waals surface area contributed by atoms with Crippen molar-refractivity contribution in [1.29, 1.82) is 0 Å². The molecular weight excluding hydrogens is 482 g/mol. The molecule has 3 aromatic rings. The molecule has 0 spiro atoms. The highest BCUT2D eigenvalue weighted by atomic mass is 16.5. The topological polar surface area (TPSA) is 129 Å². The number of rotatable bonds is 13. The monoisotopic (exact) mass is 517 g/mol. The lowest BCUT2D eigenvalue weighted by atomic mass is 9.67. The van der Waals surface area contributed by atoms with Gasteiger partial charge in [-0.3, -0.25) is 14.6 Å². The standard InChI is InChI=1S/C30H35N3O5/c31-27(34)26-21-38-28(33-26)30(29(35)36,23-12-3-1-4-13-23)24(17-19-37-25-15-5-2-6-16-25)14-8-7-10-22-11-9-18-32-20-22/h1,3-4,7,9-13,18,20-21,24-25H,2,5-6,8,14-17,19H2,(H2,31,34)(H,35,36). The smallest absolute Gasteiger partial charge is 0.323 e. The molecule has 2 unspecified atom stereocenters. The lowest BCUT2D eigenvalue weighted by molar-refractivity contribution is -0.145. The van der Waals surface area contributed by atoms with E-state index < -0.39 is 23.2 Å². The van der Waals surface area contributed by atoms with Crippen LogP contribution in [0, 0.1) is 5.92 Å². The van der Waals surface area contributed by atoms with Crippen molar-refractivity contribution < 1.29 is 23.8 Å². The number of carboxylic acids is 1. The summed E-state index contributed by atoms with van der Waals surface area (Å²) in [5.74, 6) is -2.36.